The third kappa shape index (κ3) is 4.22. The topological polar surface area (TPSA) is 58.0 Å². The SMILES string of the molecule is O=c1[nH]c2ccc(SCCN[C@H]3CC[C@H](c4ccccc4)CC3)cc2o1. The van der Waals surface area contributed by atoms with Crippen LogP contribution in [0.15, 0.2) is 62.6 Å². The highest BCUT2D eigenvalue weighted by atomic mass is 32.2. The fourth-order valence-electron chi connectivity index (χ4n) is 3.80. The molecule has 0 amide bonds. The van der Waals surface area contributed by atoms with E-state index in [1.165, 1.54) is 31.2 Å². The summed E-state index contributed by atoms with van der Waals surface area (Å²) in [5.41, 5.74) is 2.88. The minimum absolute atomic E-state index is 0.394. The van der Waals surface area contributed by atoms with E-state index in [1.807, 2.05) is 18.2 Å². The Bertz CT molecular complexity index is 895. The van der Waals surface area contributed by atoms with Crippen LogP contribution in [0.5, 0.6) is 0 Å². The summed E-state index contributed by atoms with van der Waals surface area (Å²) in [5.74, 6) is 1.35. The molecule has 26 heavy (non-hydrogen) atoms. The maximum Gasteiger partial charge on any atom is 0.417 e. The van der Waals surface area contributed by atoms with E-state index >= 15 is 0 Å². The van der Waals surface area contributed by atoms with Crippen LogP contribution in [0.3, 0.4) is 0 Å². The molecular formula is C21H24N2O2S. The first-order valence-corrected chi connectivity index (χ1v) is 10.3. The van der Waals surface area contributed by atoms with Gasteiger partial charge in [-0.15, -0.1) is 11.8 Å². The lowest BCUT2D eigenvalue weighted by molar-refractivity contribution is 0.348. The largest absolute Gasteiger partial charge is 0.417 e. The predicted octanol–water partition coefficient (Wildman–Crippen LogP) is 4.53. The molecule has 1 aliphatic rings. The van der Waals surface area contributed by atoms with Gasteiger partial charge in [-0.1, -0.05) is 30.3 Å². The molecule has 1 aliphatic carbocycles. The van der Waals surface area contributed by atoms with Gasteiger partial charge in [0.1, 0.15) is 0 Å². The van der Waals surface area contributed by atoms with E-state index in [0.29, 0.717) is 11.6 Å². The minimum Gasteiger partial charge on any atom is -0.408 e. The van der Waals surface area contributed by atoms with Gasteiger partial charge in [-0.05, 0) is 55.4 Å². The van der Waals surface area contributed by atoms with Gasteiger partial charge in [-0.2, -0.15) is 0 Å². The van der Waals surface area contributed by atoms with Gasteiger partial charge in [0.15, 0.2) is 5.58 Å². The van der Waals surface area contributed by atoms with Crippen LogP contribution in [0.1, 0.15) is 37.2 Å². The van der Waals surface area contributed by atoms with E-state index in [9.17, 15) is 4.79 Å². The number of hydrogen-bond donors (Lipinski definition) is 2. The Balaban J connectivity index is 1.20. The Hall–Kier alpha value is -1.98. The molecule has 0 unspecified atom stereocenters. The second-order valence-electron chi connectivity index (χ2n) is 6.93. The number of aromatic amines is 1. The van der Waals surface area contributed by atoms with Crippen molar-refractivity contribution >= 4 is 22.9 Å². The summed E-state index contributed by atoms with van der Waals surface area (Å²) < 4.78 is 5.12. The molecule has 0 bridgehead atoms. The Morgan fingerprint density at radius 3 is 2.69 bits per heavy atom. The molecule has 5 heteroatoms. The van der Waals surface area contributed by atoms with Crippen LogP contribution in [-0.2, 0) is 0 Å². The molecule has 2 N–H and O–H groups in total. The number of aromatic nitrogens is 1. The zero-order chi connectivity index (χ0) is 17.8. The van der Waals surface area contributed by atoms with Crippen molar-refractivity contribution in [1.29, 1.82) is 0 Å². The highest BCUT2D eigenvalue weighted by Crippen LogP contribution is 2.32. The molecule has 0 radical (unpaired) electrons. The molecule has 4 nitrogen and oxygen atoms in total. The smallest absolute Gasteiger partial charge is 0.408 e. The maximum atomic E-state index is 11.2. The molecule has 1 aromatic heterocycles. The monoisotopic (exact) mass is 368 g/mol. The molecule has 0 atom stereocenters. The van der Waals surface area contributed by atoms with Crippen molar-refractivity contribution in [2.24, 2.45) is 0 Å². The number of H-pyrrole nitrogens is 1. The van der Waals surface area contributed by atoms with Crippen LogP contribution < -0.4 is 11.1 Å². The molecule has 2 aromatic carbocycles. The van der Waals surface area contributed by atoms with Crippen LogP contribution in [-0.4, -0.2) is 23.3 Å². The standard InChI is InChI=1S/C21H24N2O2S/c24-21-23-19-11-10-18(14-20(19)25-21)26-13-12-22-17-8-6-16(7-9-17)15-4-2-1-3-5-15/h1-5,10-11,14,16-17,22H,6-9,12-13H2,(H,23,24)/t16-,17-. The highest BCUT2D eigenvalue weighted by Gasteiger charge is 2.21. The average molecular weight is 369 g/mol. The van der Waals surface area contributed by atoms with Crippen LogP contribution in [0.4, 0.5) is 0 Å². The summed E-state index contributed by atoms with van der Waals surface area (Å²) in [4.78, 5) is 15.0. The number of fused-ring (bicyclic) bond motifs is 1. The van der Waals surface area contributed by atoms with Crippen LogP contribution in [0.25, 0.3) is 11.1 Å². The first-order valence-electron chi connectivity index (χ1n) is 9.32. The molecule has 136 valence electrons. The number of oxazole rings is 1. The Labute approximate surface area is 157 Å². The molecule has 0 aliphatic heterocycles. The normalized spacial score (nSPS) is 20.5. The number of rotatable bonds is 6. The lowest BCUT2D eigenvalue weighted by atomic mass is 9.82. The van der Waals surface area contributed by atoms with E-state index in [2.05, 4.69) is 40.6 Å². The van der Waals surface area contributed by atoms with E-state index < -0.39 is 5.76 Å². The molecule has 0 saturated heterocycles. The molecule has 0 spiro atoms. The van der Waals surface area contributed by atoms with Gasteiger partial charge in [0.2, 0.25) is 0 Å². The van der Waals surface area contributed by atoms with Gasteiger partial charge >= 0.3 is 5.76 Å². The number of nitrogens with one attached hydrogen (secondary N) is 2. The highest BCUT2D eigenvalue weighted by molar-refractivity contribution is 7.99. The Morgan fingerprint density at radius 1 is 1.08 bits per heavy atom. The van der Waals surface area contributed by atoms with Gasteiger partial charge in [0, 0.05) is 23.2 Å². The van der Waals surface area contributed by atoms with E-state index in [4.69, 9.17) is 4.42 Å². The van der Waals surface area contributed by atoms with E-state index in [1.54, 1.807) is 11.8 Å². The molecule has 4 rings (SSSR count). The average Bonchev–Trinajstić information content (AvgIpc) is 3.06. The van der Waals surface area contributed by atoms with Crippen molar-refractivity contribution in [3.05, 3.63) is 64.6 Å². The maximum absolute atomic E-state index is 11.2. The fourth-order valence-corrected chi connectivity index (χ4v) is 4.61. The van der Waals surface area contributed by atoms with Crippen molar-refractivity contribution in [3.63, 3.8) is 0 Å². The number of benzene rings is 2. The fraction of sp³-hybridized carbons (Fsp3) is 0.381. The molecule has 3 aromatic rings. The van der Waals surface area contributed by atoms with Gasteiger partial charge in [0.05, 0.1) is 5.52 Å². The van der Waals surface area contributed by atoms with Crippen molar-refractivity contribution < 1.29 is 4.42 Å². The van der Waals surface area contributed by atoms with Crippen molar-refractivity contribution in [1.82, 2.24) is 10.3 Å². The second-order valence-corrected chi connectivity index (χ2v) is 8.10. The zero-order valence-corrected chi connectivity index (χ0v) is 15.6. The third-order valence-corrected chi connectivity index (χ3v) is 6.19. The first-order chi connectivity index (χ1) is 12.8. The van der Waals surface area contributed by atoms with Crippen molar-refractivity contribution in [2.75, 3.05) is 12.3 Å². The Kier molecular flexibility index (Phi) is 5.46. The molecule has 1 saturated carbocycles. The van der Waals surface area contributed by atoms with E-state index in [-0.39, 0.29) is 0 Å². The summed E-state index contributed by atoms with van der Waals surface area (Å²) in [6, 6.07) is 17.4. The van der Waals surface area contributed by atoms with Crippen molar-refractivity contribution in [2.45, 2.75) is 42.5 Å². The summed E-state index contributed by atoms with van der Waals surface area (Å²) in [7, 11) is 0. The molecule has 1 heterocycles. The summed E-state index contributed by atoms with van der Waals surface area (Å²) in [5, 5.41) is 3.70. The summed E-state index contributed by atoms with van der Waals surface area (Å²) in [6.45, 7) is 1.00. The van der Waals surface area contributed by atoms with Gasteiger partial charge in [-0.25, -0.2) is 4.79 Å². The quantitative estimate of drug-likeness (QED) is 0.496. The van der Waals surface area contributed by atoms with Crippen LogP contribution in [0, 0.1) is 0 Å². The number of hydrogen-bond acceptors (Lipinski definition) is 4. The first kappa shape index (κ1) is 17.4. The van der Waals surface area contributed by atoms with Crippen LogP contribution in [0.2, 0.25) is 0 Å². The zero-order valence-electron chi connectivity index (χ0n) is 14.7. The third-order valence-electron chi connectivity index (χ3n) is 5.19. The second kappa shape index (κ2) is 8.14. The predicted molar refractivity (Wildman–Crippen MR) is 107 cm³/mol. The van der Waals surface area contributed by atoms with Crippen molar-refractivity contribution in [3.8, 4) is 0 Å². The number of thioether (sulfide) groups is 1. The van der Waals surface area contributed by atoms with E-state index in [0.717, 1.165) is 28.6 Å². The van der Waals surface area contributed by atoms with Gasteiger partial charge in [0.25, 0.3) is 0 Å². The molecule has 1 fully saturated rings. The lowest BCUT2D eigenvalue weighted by Gasteiger charge is -2.29. The van der Waals surface area contributed by atoms with Crippen LogP contribution >= 0.6 is 11.8 Å². The minimum atomic E-state index is -0.394. The molecular weight excluding hydrogens is 344 g/mol. The lowest BCUT2D eigenvalue weighted by Crippen LogP contribution is -2.34. The summed E-state index contributed by atoms with van der Waals surface area (Å²) >= 11 is 1.79. The van der Waals surface area contributed by atoms with Gasteiger partial charge in [-0.3, -0.25) is 4.98 Å². The van der Waals surface area contributed by atoms with Gasteiger partial charge < -0.3 is 9.73 Å². The Morgan fingerprint density at radius 2 is 1.88 bits per heavy atom. The summed E-state index contributed by atoms with van der Waals surface area (Å²) in [6.07, 6.45) is 5.06.